The van der Waals surface area contributed by atoms with Gasteiger partial charge in [-0.15, -0.1) is 0 Å². The van der Waals surface area contributed by atoms with Crippen LogP contribution in [0.25, 0.3) is 0 Å². The highest BCUT2D eigenvalue weighted by Gasteiger charge is 2.36. The average molecular weight is 444 g/mol. The number of likely N-dealkylation sites (tertiary alicyclic amines) is 1. The first-order valence-corrected chi connectivity index (χ1v) is 10.3. The van der Waals surface area contributed by atoms with Crippen molar-refractivity contribution in [3.63, 3.8) is 0 Å². The molecule has 0 aromatic rings. The van der Waals surface area contributed by atoms with Gasteiger partial charge in [0.05, 0.1) is 19.2 Å². The number of nitrogens with two attached hydrogens (primary N) is 1. The lowest BCUT2D eigenvalue weighted by molar-refractivity contribution is -0.144. The van der Waals surface area contributed by atoms with Gasteiger partial charge < -0.3 is 36.8 Å². The molecule has 0 bridgehead atoms. The van der Waals surface area contributed by atoms with Gasteiger partial charge in [0, 0.05) is 6.54 Å². The van der Waals surface area contributed by atoms with Gasteiger partial charge in [-0.1, -0.05) is 20.3 Å². The maximum absolute atomic E-state index is 12.7. The SMILES string of the molecule is CCC(C)C(NC(=O)[C@@H]1CCCN1C(=O)CN)C(=O)NCC(=O)NC(C(=O)O)C(C)O. The van der Waals surface area contributed by atoms with Gasteiger partial charge in [0.25, 0.3) is 0 Å². The zero-order chi connectivity index (χ0) is 23.7. The fraction of sp³-hybridized carbons (Fsp3) is 0.737. The number of nitrogens with one attached hydrogen (secondary N) is 3. The number of amides is 4. The van der Waals surface area contributed by atoms with Gasteiger partial charge in [0.2, 0.25) is 23.6 Å². The molecule has 1 fully saturated rings. The zero-order valence-electron chi connectivity index (χ0n) is 18.1. The molecule has 1 heterocycles. The van der Waals surface area contributed by atoms with Gasteiger partial charge in [-0.3, -0.25) is 19.2 Å². The second-order valence-electron chi connectivity index (χ2n) is 7.66. The second-order valence-corrected chi connectivity index (χ2v) is 7.66. The number of carbonyl (C=O) groups excluding carboxylic acids is 4. The van der Waals surface area contributed by atoms with Crippen LogP contribution in [0.5, 0.6) is 0 Å². The van der Waals surface area contributed by atoms with Crippen LogP contribution in [0.3, 0.4) is 0 Å². The lowest BCUT2D eigenvalue weighted by atomic mass is 9.97. The topological polar surface area (TPSA) is 191 Å². The summed E-state index contributed by atoms with van der Waals surface area (Å²) in [4.78, 5) is 61.8. The average Bonchev–Trinajstić information content (AvgIpc) is 3.22. The van der Waals surface area contributed by atoms with Crippen molar-refractivity contribution in [2.24, 2.45) is 11.7 Å². The highest BCUT2D eigenvalue weighted by Crippen LogP contribution is 2.18. The molecule has 1 saturated heterocycles. The van der Waals surface area contributed by atoms with Crippen molar-refractivity contribution < 1.29 is 34.2 Å². The van der Waals surface area contributed by atoms with E-state index < -0.39 is 54.5 Å². The highest BCUT2D eigenvalue weighted by atomic mass is 16.4. The van der Waals surface area contributed by atoms with Crippen LogP contribution in [-0.4, -0.2) is 88.6 Å². The molecule has 12 nitrogen and oxygen atoms in total. The quantitative estimate of drug-likeness (QED) is 0.202. The molecule has 31 heavy (non-hydrogen) atoms. The van der Waals surface area contributed by atoms with E-state index in [1.807, 2.05) is 6.92 Å². The minimum Gasteiger partial charge on any atom is -0.480 e. The molecule has 7 N–H and O–H groups in total. The monoisotopic (exact) mass is 443 g/mol. The zero-order valence-corrected chi connectivity index (χ0v) is 18.1. The summed E-state index contributed by atoms with van der Waals surface area (Å²) in [5.41, 5.74) is 5.40. The Morgan fingerprint density at radius 1 is 1.13 bits per heavy atom. The van der Waals surface area contributed by atoms with Gasteiger partial charge in [-0.2, -0.15) is 0 Å². The van der Waals surface area contributed by atoms with Crippen molar-refractivity contribution in [2.45, 2.75) is 64.3 Å². The maximum Gasteiger partial charge on any atom is 0.328 e. The van der Waals surface area contributed by atoms with Crippen molar-refractivity contribution in [2.75, 3.05) is 19.6 Å². The fourth-order valence-electron chi connectivity index (χ4n) is 3.30. The lowest BCUT2D eigenvalue weighted by Gasteiger charge is -2.28. The number of carboxylic acid groups (broad SMARTS) is 1. The summed E-state index contributed by atoms with van der Waals surface area (Å²) in [5.74, 6) is -3.90. The van der Waals surface area contributed by atoms with Crippen molar-refractivity contribution in [1.82, 2.24) is 20.9 Å². The molecule has 176 valence electrons. The van der Waals surface area contributed by atoms with Gasteiger partial charge in [-0.05, 0) is 25.7 Å². The third-order valence-electron chi connectivity index (χ3n) is 5.33. The number of aliphatic carboxylic acids is 1. The fourth-order valence-corrected chi connectivity index (χ4v) is 3.30. The molecule has 0 radical (unpaired) electrons. The van der Waals surface area contributed by atoms with Crippen molar-refractivity contribution >= 4 is 29.6 Å². The van der Waals surface area contributed by atoms with E-state index in [0.29, 0.717) is 25.8 Å². The van der Waals surface area contributed by atoms with E-state index in [0.717, 1.165) is 0 Å². The van der Waals surface area contributed by atoms with Crippen molar-refractivity contribution in [1.29, 1.82) is 0 Å². The standard InChI is InChI=1S/C19H33N5O7/c1-4-10(2)15(23-17(28)12-6-5-7-24(12)14(27)8-20)18(29)21-9-13(26)22-16(11(3)25)19(30)31/h10-12,15-16,25H,4-9,20H2,1-3H3,(H,21,29)(H,22,26)(H,23,28)(H,30,31)/t10?,11?,12-,15?,16?/m0/s1. The molecule has 1 rings (SSSR count). The summed E-state index contributed by atoms with van der Waals surface area (Å²) in [5, 5.41) is 25.6. The molecule has 0 aromatic carbocycles. The molecule has 0 spiro atoms. The van der Waals surface area contributed by atoms with Gasteiger partial charge in [0.1, 0.15) is 12.1 Å². The first kappa shape index (κ1) is 26.3. The Labute approximate surface area is 180 Å². The number of aliphatic hydroxyl groups excluding tert-OH is 1. The Hall–Kier alpha value is -2.73. The number of hydrogen-bond acceptors (Lipinski definition) is 7. The number of rotatable bonds is 11. The summed E-state index contributed by atoms with van der Waals surface area (Å²) < 4.78 is 0. The van der Waals surface area contributed by atoms with Crippen LogP contribution in [0, 0.1) is 5.92 Å². The molecule has 12 heteroatoms. The third-order valence-corrected chi connectivity index (χ3v) is 5.33. The van der Waals surface area contributed by atoms with Crippen LogP contribution >= 0.6 is 0 Å². The van der Waals surface area contributed by atoms with E-state index in [4.69, 9.17) is 10.8 Å². The van der Waals surface area contributed by atoms with Crippen LogP contribution in [0.4, 0.5) is 0 Å². The molecule has 4 amide bonds. The maximum atomic E-state index is 12.7. The van der Waals surface area contributed by atoms with E-state index >= 15 is 0 Å². The number of carboxylic acids is 1. The van der Waals surface area contributed by atoms with Crippen LogP contribution in [-0.2, 0) is 24.0 Å². The normalized spacial score (nSPS) is 19.6. The summed E-state index contributed by atoms with van der Waals surface area (Å²) in [6, 6.07) is -3.17. The molecule has 1 aliphatic rings. The van der Waals surface area contributed by atoms with Crippen LogP contribution in [0.1, 0.15) is 40.0 Å². The van der Waals surface area contributed by atoms with E-state index in [-0.39, 0.29) is 18.4 Å². The first-order valence-electron chi connectivity index (χ1n) is 10.3. The van der Waals surface area contributed by atoms with Crippen LogP contribution in [0.15, 0.2) is 0 Å². The molecule has 0 saturated carbocycles. The molecule has 0 aliphatic carbocycles. The van der Waals surface area contributed by atoms with Gasteiger partial charge in [-0.25, -0.2) is 4.79 Å². The molecular weight excluding hydrogens is 410 g/mol. The summed E-state index contributed by atoms with van der Waals surface area (Å²) in [6.45, 7) is 4.49. The summed E-state index contributed by atoms with van der Waals surface area (Å²) in [6.07, 6.45) is 0.349. The Morgan fingerprint density at radius 3 is 2.29 bits per heavy atom. The predicted octanol–water partition coefficient (Wildman–Crippen LogP) is -2.47. The first-order chi connectivity index (χ1) is 14.5. The Kier molecular flexibility index (Phi) is 10.4. The lowest BCUT2D eigenvalue weighted by Crippen LogP contribution is -2.57. The molecule has 5 atom stereocenters. The van der Waals surface area contributed by atoms with Gasteiger partial charge in [0.15, 0.2) is 6.04 Å². The van der Waals surface area contributed by atoms with Crippen molar-refractivity contribution in [3.8, 4) is 0 Å². The van der Waals surface area contributed by atoms with E-state index in [1.165, 1.54) is 11.8 Å². The number of nitrogens with zero attached hydrogens (tertiary/aromatic N) is 1. The Balaban J connectivity index is 2.75. The number of carbonyl (C=O) groups is 5. The molecular formula is C19H33N5O7. The largest absolute Gasteiger partial charge is 0.480 e. The number of hydrogen-bond donors (Lipinski definition) is 6. The van der Waals surface area contributed by atoms with E-state index in [1.54, 1.807) is 6.92 Å². The van der Waals surface area contributed by atoms with E-state index in [2.05, 4.69) is 16.0 Å². The molecule has 1 aliphatic heterocycles. The second kappa shape index (κ2) is 12.2. The minimum atomic E-state index is -1.51. The molecule has 4 unspecified atom stereocenters. The van der Waals surface area contributed by atoms with Gasteiger partial charge >= 0.3 is 5.97 Å². The Bertz CT molecular complexity index is 685. The molecule has 0 aromatic heterocycles. The smallest absolute Gasteiger partial charge is 0.328 e. The summed E-state index contributed by atoms with van der Waals surface area (Å²) in [7, 11) is 0. The highest BCUT2D eigenvalue weighted by molar-refractivity contribution is 5.94. The van der Waals surface area contributed by atoms with Crippen LogP contribution in [0.2, 0.25) is 0 Å². The van der Waals surface area contributed by atoms with E-state index in [9.17, 15) is 29.1 Å². The van der Waals surface area contributed by atoms with Crippen molar-refractivity contribution in [3.05, 3.63) is 0 Å². The third kappa shape index (κ3) is 7.47. The predicted molar refractivity (Wildman–Crippen MR) is 109 cm³/mol. The number of aliphatic hydroxyl groups is 1. The minimum absolute atomic E-state index is 0.210. The Morgan fingerprint density at radius 2 is 1.77 bits per heavy atom. The van der Waals surface area contributed by atoms with Crippen LogP contribution < -0.4 is 21.7 Å². The summed E-state index contributed by atoms with van der Waals surface area (Å²) >= 11 is 0.